The van der Waals surface area contributed by atoms with Crippen LogP contribution in [-0.4, -0.2) is 9.97 Å². The molecule has 2 heterocycles. The van der Waals surface area contributed by atoms with Gasteiger partial charge in [0.15, 0.2) is 0 Å². The molecule has 15 heavy (non-hydrogen) atoms. The third kappa shape index (κ3) is 1.31. The number of aromatic nitrogens is 2. The fourth-order valence-electron chi connectivity index (χ4n) is 1.82. The second kappa shape index (κ2) is 3.24. The van der Waals surface area contributed by atoms with Gasteiger partial charge in [-0.15, -0.1) is 0 Å². The normalized spacial score (nSPS) is 10.7. The molecule has 0 unspecified atom stereocenters. The second-order valence-electron chi connectivity index (χ2n) is 3.49. The SMILES string of the molecule is c1ccc(-c2c[nH]c3ccncc23)cc1. The average molecular weight is 194 g/mol. The number of pyridine rings is 1. The summed E-state index contributed by atoms with van der Waals surface area (Å²) in [5, 5.41) is 1.17. The zero-order chi connectivity index (χ0) is 10.1. The number of benzene rings is 1. The molecular weight excluding hydrogens is 184 g/mol. The van der Waals surface area contributed by atoms with Gasteiger partial charge in [-0.25, -0.2) is 0 Å². The Hall–Kier alpha value is -2.09. The molecular formula is C13H10N2. The maximum atomic E-state index is 4.15. The molecule has 0 radical (unpaired) electrons. The quantitative estimate of drug-likeness (QED) is 0.633. The lowest BCUT2D eigenvalue weighted by Crippen LogP contribution is -1.75. The van der Waals surface area contributed by atoms with E-state index in [0.29, 0.717) is 0 Å². The summed E-state index contributed by atoms with van der Waals surface area (Å²) in [6, 6.07) is 12.3. The number of rotatable bonds is 1. The highest BCUT2D eigenvalue weighted by Crippen LogP contribution is 2.27. The minimum Gasteiger partial charge on any atom is -0.360 e. The van der Waals surface area contributed by atoms with Gasteiger partial charge < -0.3 is 4.98 Å². The van der Waals surface area contributed by atoms with Crippen LogP contribution in [0, 0.1) is 0 Å². The highest BCUT2D eigenvalue weighted by Gasteiger charge is 2.04. The van der Waals surface area contributed by atoms with E-state index in [1.54, 1.807) is 6.20 Å². The van der Waals surface area contributed by atoms with Crippen molar-refractivity contribution in [2.75, 3.05) is 0 Å². The van der Waals surface area contributed by atoms with Gasteiger partial charge in [0, 0.05) is 35.1 Å². The van der Waals surface area contributed by atoms with E-state index in [0.717, 1.165) is 5.52 Å². The van der Waals surface area contributed by atoms with Crippen LogP contribution in [0.3, 0.4) is 0 Å². The van der Waals surface area contributed by atoms with E-state index in [1.165, 1.54) is 16.5 Å². The summed E-state index contributed by atoms with van der Waals surface area (Å²) < 4.78 is 0. The summed E-state index contributed by atoms with van der Waals surface area (Å²) in [5.74, 6) is 0. The summed E-state index contributed by atoms with van der Waals surface area (Å²) in [6.07, 6.45) is 5.73. The lowest BCUT2D eigenvalue weighted by Gasteiger charge is -1.97. The van der Waals surface area contributed by atoms with E-state index in [9.17, 15) is 0 Å². The van der Waals surface area contributed by atoms with E-state index >= 15 is 0 Å². The molecule has 0 saturated carbocycles. The lowest BCUT2D eigenvalue weighted by atomic mass is 10.1. The first-order chi connectivity index (χ1) is 7.45. The Morgan fingerprint density at radius 2 is 1.87 bits per heavy atom. The van der Waals surface area contributed by atoms with Crippen molar-refractivity contribution in [2.24, 2.45) is 0 Å². The molecule has 0 fully saturated rings. The first-order valence-electron chi connectivity index (χ1n) is 4.92. The monoisotopic (exact) mass is 194 g/mol. The van der Waals surface area contributed by atoms with Gasteiger partial charge in [-0.2, -0.15) is 0 Å². The number of H-pyrrole nitrogens is 1. The fourth-order valence-corrected chi connectivity index (χ4v) is 1.82. The van der Waals surface area contributed by atoms with Crippen LogP contribution in [0.2, 0.25) is 0 Å². The standard InChI is InChI=1S/C13H10N2/c1-2-4-10(5-3-1)11-9-15-13-6-7-14-8-12(11)13/h1-9,15H. The molecule has 0 amide bonds. The van der Waals surface area contributed by atoms with E-state index in [4.69, 9.17) is 0 Å². The Bertz CT molecular complexity index is 582. The Kier molecular flexibility index (Phi) is 1.78. The van der Waals surface area contributed by atoms with E-state index in [-0.39, 0.29) is 0 Å². The molecule has 0 aliphatic rings. The van der Waals surface area contributed by atoms with Crippen LogP contribution < -0.4 is 0 Å². The van der Waals surface area contributed by atoms with Gasteiger partial charge in [-0.1, -0.05) is 30.3 Å². The van der Waals surface area contributed by atoms with Gasteiger partial charge in [0.1, 0.15) is 0 Å². The summed E-state index contributed by atoms with van der Waals surface area (Å²) >= 11 is 0. The first-order valence-corrected chi connectivity index (χ1v) is 4.92. The third-order valence-electron chi connectivity index (χ3n) is 2.57. The number of hydrogen-bond donors (Lipinski definition) is 1. The van der Waals surface area contributed by atoms with Crippen molar-refractivity contribution in [1.29, 1.82) is 0 Å². The number of aromatic amines is 1. The molecule has 0 saturated heterocycles. The first kappa shape index (κ1) is 8.24. The van der Waals surface area contributed by atoms with E-state index in [1.807, 2.05) is 36.7 Å². The molecule has 3 rings (SSSR count). The zero-order valence-electron chi connectivity index (χ0n) is 8.14. The predicted molar refractivity (Wildman–Crippen MR) is 61.5 cm³/mol. The van der Waals surface area contributed by atoms with Crippen LogP contribution >= 0.6 is 0 Å². The summed E-state index contributed by atoms with van der Waals surface area (Å²) in [4.78, 5) is 7.40. The molecule has 0 spiro atoms. The minimum atomic E-state index is 1.13. The van der Waals surface area contributed by atoms with Gasteiger partial charge in [-0.05, 0) is 11.6 Å². The molecule has 0 bridgehead atoms. The summed E-state index contributed by atoms with van der Waals surface area (Å²) in [6.45, 7) is 0. The lowest BCUT2D eigenvalue weighted by molar-refractivity contribution is 1.36. The van der Waals surface area contributed by atoms with Crippen molar-refractivity contribution in [3.63, 3.8) is 0 Å². The number of hydrogen-bond acceptors (Lipinski definition) is 1. The minimum absolute atomic E-state index is 1.13. The molecule has 0 atom stereocenters. The van der Waals surface area contributed by atoms with Crippen molar-refractivity contribution in [3.8, 4) is 11.1 Å². The summed E-state index contributed by atoms with van der Waals surface area (Å²) in [7, 11) is 0. The van der Waals surface area contributed by atoms with Gasteiger partial charge in [-0.3, -0.25) is 4.98 Å². The van der Waals surface area contributed by atoms with E-state index < -0.39 is 0 Å². The maximum absolute atomic E-state index is 4.15. The van der Waals surface area contributed by atoms with Crippen LogP contribution in [0.1, 0.15) is 0 Å². The molecule has 2 aromatic heterocycles. The largest absolute Gasteiger partial charge is 0.360 e. The number of nitrogens with one attached hydrogen (secondary N) is 1. The molecule has 3 aromatic rings. The smallest absolute Gasteiger partial charge is 0.0491 e. The van der Waals surface area contributed by atoms with Gasteiger partial charge in [0.2, 0.25) is 0 Å². The van der Waals surface area contributed by atoms with Gasteiger partial charge >= 0.3 is 0 Å². The highest BCUT2D eigenvalue weighted by atomic mass is 14.7. The predicted octanol–water partition coefficient (Wildman–Crippen LogP) is 3.23. The van der Waals surface area contributed by atoms with Crippen molar-refractivity contribution in [3.05, 3.63) is 55.0 Å². The molecule has 1 N–H and O–H groups in total. The average Bonchev–Trinajstić information content (AvgIpc) is 2.74. The molecule has 2 nitrogen and oxygen atoms in total. The van der Waals surface area contributed by atoms with Crippen molar-refractivity contribution in [2.45, 2.75) is 0 Å². The molecule has 2 heteroatoms. The second-order valence-corrected chi connectivity index (χ2v) is 3.49. The van der Waals surface area contributed by atoms with Crippen LogP contribution in [0.4, 0.5) is 0 Å². The van der Waals surface area contributed by atoms with Crippen LogP contribution in [0.15, 0.2) is 55.0 Å². The summed E-state index contributed by atoms with van der Waals surface area (Å²) in [5.41, 5.74) is 3.55. The molecule has 0 aliphatic heterocycles. The van der Waals surface area contributed by atoms with Crippen LogP contribution in [0.25, 0.3) is 22.0 Å². The van der Waals surface area contributed by atoms with Gasteiger partial charge in [0.25, 0.3) is 0 Å². The molecule has 0 aliphatic carbocycles. The Morgan fingerprint density at radius 1 is 1.00 bits per heavy atom. The topological polar surface area (TPSA) is 28.7 Å². The Morgan fingerprint density at radius 3 is 2.73 bits per heavy atom. The Labute approximate surface area is 87.6 Å². The van der Waals surface area contributed by atoms with Crippen molar-refractivity contribution in [1.82, 2.24) is 9.97 Å². The maximum Gasteiger partial charge on any atom is 0.0491 e. The Balaban J connectivity index is 2.28. The van der Waals surface area contributed by atoms with Crippen LogP contribution in [-0.2, 0) is 0 Å². The van der Waals surface area contributed by atoms with Gasteiger partial charge in [0.05, 0.1) is 0 Å². The van der Waals surface area contributed by atoms with Crippen LogP contribution in [0.5, 0.6) is 0 Å². The fraction of sp³-hybridized carbons (Fsp3) is 0. The molecule has 72 valence electrons. The molecule has 1 aromatic carbocycles. The number of fused-ring (bicyclic) bond motifs is 1. The van der Waals surface area contributed by atoms with Crippen molar-refractivity contribution >= 4 is 10.9 Å². The van der Waals surface area contributed by atoms with Crippen molar-refractivity contribution < 1.29 is 0 Å². The third-order valence-corrected chi connectivity index (χ3v) is 2.57. The van der Waals surface area contributed by atoms with E-state index in [2.05, 4.69) is 22.1 Å². The highest BCUT2D eigenvalue weighted by molar-refractivity contribution is 5.94. The zero-order valence-corrected chi connectivity index (χ0v) is 8.14. The number of nitrogens with zero attached hydrogens (tertiary/aromatic N) is 1.